The molecule has 0 radical (unpaired) electrons. The van der Waals surface area contributed by atoms with Crippen molar-refractivity contribution in [3.8, 4) is 0 Å². The number of benzene rings is 1. The zero-order valence-corrected chi connectivity index (χ0v) is 11.2. The number of nitrogen functional groups attached to an aromatic ring is 1. The van der Waals surface area contributed by atoms with Crippen molar-refractivity contribution in [2.75, 3.05) is 5.73 Å². The molecule has 0 aliphatic heterocycles. The number of nitrogens with zero attached hydrogens (tertiary/aromatic N) is 5. The molecule has 0 aliphatic rings. The second-order valence-electron chi connectivity index (χ2n) is 4.20. The lowest BCUT2D eigenvalue weighted by atomic mass is 10.3. The molecule has 2 heterocycles. The van der Waals surface area contributed by atoms with E-state index in [2.05, 4.69) is 15.2 Å². The normalized spacial score (nSPS) is 11.3. The predicted octanol–water partition coefficient (Wildman–Crippen LogP) is 1.93. The van der Waals surface area contributed by atoms with Gasteiger partial charge in [0.25, 0.3) is 0 Å². The molecule has 0 atom stereocenters. The number of aromatic nitrogens is 5. The average molecular weight is 277 g/mol. The van der Waals surface area contributed by atoms with Gasteiger partial charge in [0.15, 0.2) is 5.82 Å². The minimum absolute atomic E-state index is 0.425. The number of nitrogens with two attached hydrogens (primary N) is 1. The van der Waals surface area contributed by atoms with Gasteiger partial charge in [-0.15, -0.1) is 10.2 Å². The maximum Gasteiger partial charge on any atom is 0.201 e. The molecule has 7 heteroatoms. The van der Waals surface area contributed by atoms with Gasteiger partial charge in [0, 0.05) is 6.54 Å². The number of hydrogen-bond donors (Lipinski definition) is 1. The van der Waals surface area contributed by atoms with Gasteiger partial charge in [0.05, 0.1) is 22.6 Å². The largest absolute Gasteiger partial charge is 0.369 e. The molecular formula is C12H13ClN6. The third-order valence-electron chi connectivity index (χ3n) is 3.08. The monoisotopic (exact) mass is 276 g/mol. The Morgan fingerprint density at radius 2 is 2.21 bits per heavy atom. The first-order valence-electron chi connectivity index (χ1n) is 5.97. The third-order valence-corrected chi connectivity index (χ3v) is 3.39. The van der Waals surface area contributed by atoms with Crippen molar-refractivity contribution in [2.45, 2.75) is 20.0 Å². The van der Waals surface area contributed by atoms with Crippen molar-refractivity contribution in [3.05, 3.63) is 35.4 Å². The van der Waals surface area contributed by atoms with E-state index in [4.69, 9.17) is 17.3 Å². The summed E-state index contributed by atoms with van der Waals surface area (Å²) in [5.41, 5.74) is 7.58. The highest BCUT2D eigenvalue weighted by atomic mass is 35.5. The Bertz CT molecular complexity index is 729. The molecule has 3 rings (SSSR count). The van der Waals surface area contributed by atoms with Crippen molar-refractivity contribution in [1.29, 1.82) is 0 Å². The summed E-state index contributed by atoms with van der Waals surface area (Å²) in [4.78, 5) is 4.31. The van der Waals surface area contributed by atoms with Gasteiger partial charge < -0.3 is 14.9 Å². The predicted molar refractivity (Wildman–Crippen MR) is 74.0 cm³/mol. The van der Waals surface area contributed by atoms with Crippen molar-refractivity contribution in [1.82, 2.24) is 24.3 Å². The first-order valence-corrected chi connectivity index (χ1v) is 6.35. The molecule has 0 spiro atoms. The number of para-hydroxylation sites is 1. The summed E-state index contributed by atoms with van der Waals surface area (Å²) >= 11 is 6.23. The Morgan fingerprint density at radius 3 is 3.00 bits per heavy atom. The number of anilines is 1. The fourth-order valence-corrected chi connectivity index (χ4v) is 2.40. The maximum atomic E-state index is 6.23. The van der Waals surface area contributed by atoms with E-state index >= 15 is 0 Å². The summed E-state index contributed by atoms with van der Waals surface area (Å²) in [5, 5.41) is 8.65. The summed E-state index contributed by atoms with van der Waals surface area (Å²) in [6.07, 6.45) is 1.70. The van der Waals surface area contributed by atoms with Crippen LogP contribution >= 0.6 is 11.6 Å². The summed E-state index contributed by atoms with van der Waals surface area (Å²) in [6, 6.07) is 5.57. The van der Waals surface area contributed by atoms with Crippen LogP contribution in [0.25, 0.3) is 11.0 Å². The summed E-state index contributed by atoms with van der Waals surface area (Å²) in [5.74, 6) is 1.25. The van der Waals surface area contributed by atoms with Crippen molar-refractivity contribution >= 4 is 28.6 Å². The smallest absolute Gasteiger partial charge is 0.201 e. The molecule has 0 fully saturated rings. The Balaban J connectivity index is 2.13. The zero-order chi connectivity index (χ0) is 13.4. The second-order valence-corrected chi connectivity index (χ2v) is 4.60. The minimum atomic E-state index is 0.425. The van der Waals surface area contributed by atoms with Gasteiger partial charge in [0.2, 0.25) is 5.95 Å². The maximum absolute atomic E-state index is 6.23. The molecular weight excluding hydrogens is 264 g/mol. The Kier molecular flexibility index (Phi) is 2.87. The fourth-order valence-electron chi connectivity index (χ4n) is 2.13. The SMILES string of the molecule is CCn1cnnc1Cn1c(N)nc2cccc(Cl)c21. The van der Waals surface area contributed by atoms with Gasteiger partial charge in [-0.3, -0.25) is 0 Å². The van der Waals surface area contributed by atoms with Crippen molar-refractivity contribution < 1.29 is 0 Å². The third kappa shape index (κ3) is 1.94. The number of rotatable bonds is 3. The Hall–Kier alpha value is -2.08. The number of fused-ring (bicyclic) bond motifs is 1. The van der Waals surface area contributed by atoms with Crippen LogP contribution in [-0.2, 0) is 13.1 Å². The highest BCUT2D eigenvalue weighted by Gasteiger charge is 2.13. The van der Waals surface area contributed by atoms with E-state index in [0.29, 0.717) is 17.5 Å². The molecule has 0 aliphatic carbocycles. The molecule has 98 valence electrons. The van der Waals surface area contributed by atoms with E-state index in [0.717, 1.165) is 23.4 Å². The standard InChI is InChI=1S/C12H13ClN6/c1-2-18-7-15-17-10(18)6-19-11-8(13)4-3-5-9(11)16-12(19)14/h3-5,7H,2,6H2,1H3,(H2,14,16). The molecule has 3 aromatic rings. The van der Waals surface area contributed by atoms with Gasteiger partial charge in [-0.2, -0.15) is 0 Å². The van der Waals surface area contributed by atoms with Crippen LogP contribution in [0.3, 0.4) is 0 Å². The van der Waals surface area contributed by atoms with Crippen LogP contribution in [0.4, 0.5) is 5.95 Å². The first kappa shape index (κ1) is 12.0. The van der Waals surface area contributed by atoms with Crippen LogP contribution in [0, 0.1) is 0 Å². The van der Waals surface area contributed by atoms with Crippen LogP contribution in [0.1, 0.15) is 12.7 Å². The molecule has 0 amide bonds. The van der Waals surface area contributed by atoms with Crippen LogP contribution in [0.15, 0.2) is 24.5 Å². The van der Waals surface area contributed by atoms with E-state index < -0.39 is 0 Å². The Morgan fingerprint density at radius 1 is 1.37 bits per heavy atom. The lowest BCUT2D eigenvalue weighted by Gasteiger charge is -2.07. The molecule has 19 heavy (non-hydrogen) atoms. The number of imidazole rings is 1. The van der Waals surface area contributed by atoms with Crippen LogP contribution in [0.5, 0.6) is 0 Å². The van der Waals surface area contributed by atoms with Gasteiger partial charge in [-0.1, -0.05) is 17.7 Å². The van der Waals surface area contributed by atoms with Gasteiger partial charge in [-0.25, -0.2) is 4.98 Å². The quantitative estimate of drug-likeness (QED) is 0.793. The number of aryl methyl sites for hydroxylation is 1. The van der Waals surface area contributed by atoms with Crippen LogP contribution in [-0.4, -0.2) is 24.3 Å². The average Bonchev–Trinajstić information content (AvgIpc) is 2.96. The lowest BCUT2D eigenvalue weighted by molar-refractivity contribution is 0.663. The molecule has 2 N–H and O–H groups in total. The highest BCUT2D eigenvalue weighted by molar-refractivity contribution is 6.35. The Labute approximate surface area is 114 Å². The topological polar surface area (TPSA) is 74.5 Å². The van der Waals surface area contributed by atoms with E-state index in [9.17, 15) is 0 Å². The molecule has 1 aromatic carbocycles. The highest BCUT2D eigenvalue weighted by Crippen LogP contribution is 2.26. The lowest BCUT2D eigenvalue weighted by Crippen LogP contribution is -2.10. The number of hydrogen-bond acceptors (Lipinski definition) is 4. The second kappa shape index (κ2) is 4.55. The van der Waals surface area contributed by atoms with Gasteiger partial charge in [-0.05, 0) is 19.1 Å². The fraction of sp³-hybridized carbons (Fsp3) is 0.250. The summed E-state index contributed by atoms with van der Waals surface area (Å²) < 4.78 is 3.82. The van der Waals surface area contributed by atoms with Gasteiger partial charge in [0.1, 0.15) is 6.33 Å². The minimum Gasteiger partial charge on any atom is -0.369 e. The van der Waals surface area contributed by atoms with Gasteiger partial charge >= 0.3 is 0 Å². The van der Waals surface area contributed by atoms with Crippen molar-refractivity contribution in [2.24, 2.45) is 0 Å². The van der Waals surface area contributed by atoms with E-state index in [-0.39, 0.29) is 0 Å². The number of halogens is 1. The van der Waals surface area contributed by atoms with Crippen LogP contribution < -0.4 is 5.73 Å². The molecule has 0 unspecified atom stereocenters. The molecule has 0 saturated heterocycles. The molecule has 6 nitrogen and oxygen atoms in total. The first-order chi connectivity index (χ1) is 9.20. The molecule has 0 bridgehead atoms. The van der Waals surface area contributed by atoms with Crippen LogP contribution in [0.2, 0.25) is 5.02 Å². The summed E-state index contributed by atoms with van der Waals surface area (Å²) in [6.45, 7) is 3.34. The van der Waals surface area contributed by atoms with E-state index in [1.165, 1.54) is 0 Å². The van der Waals surface area contributed by atoms with Crippen molar-refractivity contribution in [3.63, 3.8) is 0 Å². The molecule has 2 aromatic heterocycles. The molecule has 0 saturated carbocycles. The van der Waals surface area contributed by atoms with E-state index in [1.54, 1.807) is 6.33 Å². The summed E-state index contributed by atoms with van der Waals surface area (Å²) in [7, 11) is 0. The zero-order valence-electron chi connectivity index (χ0n) is 10.4. The van der Waals surface area contributed by atoms with E-state index in [1.807, 2.05) is 34.3 Å².